The molecule has 0 aliphatic rings. The molecule has 0 aliphatic heterocycles. The average molecular weight is 747 g/mol. The van der Waals surface area contributed by atoms with Crippen LogP contribution in [0.1, 0.15) is 41.5 Å². The molecule has 5 aromatic rings. The molecule has 55 heavy (non-hydrogen) atoms. The lowest BCUT2D eigenvalue weighted by molar-refractivity contribution is -0.135. The maximum absolute atomic E-state index is 14.1. The summed E-state index contributed by atoms with van der Waals surface area (Å²) in [5.74, 6) is -2.59. The number of rotatable bonds is 18. The van der Waals surface area contributed by atoms with Crippen molar-refractivity contribution in [1.82, 2.24) is 26.3 Å². The predicted molar refractivity (Wildman–Crippen MR) is 207 cm³/mol. The molecule has 0 fully saturated rings. The summed E-state index contributed by atoms with van der Waals surface area (Å²) in [6.07, 6.45) is 2.15. The van der Waals surface area contributed by atoms with Gasteiger partial charge in [-0.15, -0.1) is 0 Å². The number of aromatic amines is 1. The van der Waals surface area contributed by atoms with E-state index < -0.39 is 47.8 Å². The summed E-state index contributed by atoms with van der Waals surface area (Å²) in [6.45, 7) is 0.340. The standard InChI is InChI=1S/C42H46N6O7/c43-22-10-9-17-35(39(51)46-36(23-29-18-20-32(49)21-19-29)41(53)48-38(50)24-28-11-3-1-4-12-28)45-40(52)37(25-31-26-44-34-16-8-7-15-33(31)34)47-42(54)55-27-30-13-5-2-6-14-30/h1-8,11-16,18-21,26,35-37,44,49H,9-10,17,22-25,27,43H2,(H,45,52)(H,46,51)(H,47,54)(H,48,50,53)/t35-,36-,37-/m0/s1. The van der Waals surface area contributed by atoms with E-state index in [2.05, 4.69) is 26.3 Å². The molecular weight excluding hydrogens is 700 g/mol. The van der Waals surface area contributed by atoms with Crippen LogP contribution in [-0.2, 0) is 49.8 Å². The van der Waals surface area contributed by atoms with E-state index in [0.717, 1.165) is 22.0 Å². The third-order valence-corrected chi connectivity index (χ3v) is 8.98. The topological polar surface area (TPSA) is 205 Å². The molecule has 0 bridgehead atoms. The minimum Gasteiger partial charge on any atom is -0.508 e. The van der Waals surface area contributed by atoms with Gasteiger partial charge in [-0.05, 0) is 66.3 Å². The molecule has 1 heterocycles. The van der Waals surface area contributed by atoms with E-state index in [1.54, 1.807) is 42.6 Å². The first kappa shape index (κ1) is 39.7. The van der Waals surface area contributed by atoms with E-state index in [1.165, 1.54) is 12.1 Å². The van der Waals surface area contributed by atoms with Gasteiger partial charge in [0.05, 0.1) is 6.42 Å². The number of aromatic nitrogens is 1. The first-order chi connectivity index (χ1) is 26.7. The van der Waals surface area contributed by atoms with Gasteiger partial charge in [0.25, 0.3) is 0 Å². The molecule has 0 spiro atoms. The molecule has 13 nitrogen and oxygen atoms in total. The smallest absolute Gasteiger partial charge is 0.408 e. The number of ether oxygens (including phenoxy) is 1. The van der Waals surface area contributed by atoms with Crippen LogP contribution in [0.5, 0.6) is 5.75 Å². The Labute approximate surface area is 319 Å². The second-order valence-electron chi connectivity index (χ2n) is 13.2. The third kappa shape index (κ3) is 12.3. The molecule has 8 N–H and O–H groups in total. The molecule has 286 valence electrons. The van der Waals surface area contributed by atoms with E-state index in [-0.39, 0.29) is 38.0 Å². The zero-order chi connectivity index (χ0) is 39.0. The number of phenolic OH excluding ortho intramolecular Hbond substituents is 1. The molecule has 0 saturated heterocycles. The molecule has 5 amide bonds. The minimum absolute atomic E-state index is 0.0159. The van der Waals surface area contributed by atoms with Crippen LogP contribution in [0, 0.1) is 0 Å². The highest BCUT2D eigenvalue weighted by atomic mass is 16.5. The zero-order valence-corrected chi connectivity index (χ0v) is 30.3. The maximum atomic E-state index is 14.1. The highest BCUT2D eigenvalue weighted by Crippen LogP contribution is 2.20. The molecule has 0 aliphatic carbocycles. The molecule has 1 aromatic heterocycles. The van der Waals surface area contributed by atoms with Crippen molar-refractivity contribution in [3.05, 3.63) is 138 Å². The summed E-state index contributed by atoms with van der Waals surface area (Å²) < 4.78 is 5.44. The number of carbonyl (C=O) groups is 5. The van der Waals surface area contributed by atoms with Crippen molar-refractivity contribution < 1.29 is 33.8 Å². The van der Waals surface area contributed by atoms with Crippen LogP contribution in [0.4, 0.5) is 4.79 Å². The van der Waals surface area contributed by atoms with E-state index in [9.17, 15) is 29.1 Å². The number of aromatic hydroxyl groups is 1. The van der Waals surface area contributed by atoms with E-state index in [1.807, 2.05) is 60.7 Å². The summed E-state index contributed by atoms with van der Waals surface area (Å²) in [5, 5.41) is 21.3. The molecule has 0 radical (unpaired) electrons. The molecule has 0 unspecified atom stereocenters. The Bertz CT molecular complexity index is 2040. The molecule has 13 heteroatoms. The zero-order valence-electron chi connectivity index (χ0n) is 30.3. The number of para-hydroxylation sites is 1. The van der Waals surface area contributed by atoms with Gasteiger partial charge in [-0.2, -0.15) is 0 Å². The van der Waals surface area contributed by atoms with Crippen LogP contribution in [0.2, 0.25) is 0 Å². The Morgan fingerprint density at radius 1 is 0.655 bits per heavy atom. The van der Waals surface area contributed by atoms with Crippen molar-refractivity contribution in [2.45, 2.75) is 63.3 Å². The number of unbranched alkanes of at least 4 members (excludes halogenated alkanes) is 1. The fraction of sp³-hybridized carbons (Fsp3) is 0.262. The van der Waals surface area contributed by atoms with Gasteiger partial charge >= 0.3 is 6.09 Å². The van der Waals surface area contributed by atoms with Crippen molar-refractivity contribution in [2.75, 3.05) is 6.54 Å². The van der Waals surface area contributed by atoms with Crippen LogP contribution in [0.25, 0.3) is 10.9 Å². The molecular formula is C42H46N6O7. The summed E-state index contributed by atoms with van der Waals surface area (Å²) in [7, 11) is 0. The van der Waals surface area contributed by atoms with Gasteiger partial charge < -0.3 is 36.5 Å². The summed E-state index contributed by atoms with van der Waals surface area (Å²) in [6, 6.07) is 28.2. The van der Waals surface area contributed by atoms with Crippen molar-refractivity contribution in [3.63, 3.8) is 0 Å². The van der Waals surface area contributed by atoms with Crippen LogP contribution in [0.15, 0.2) is 115 Å². The number of nitrogens with one attached hydrogen (secondary N) is 5. The number of carbonyl (C=O) groups excluding carboxylic acids is 5. The van der Waals surface area contributed by atoms with Gasteiger partial charge in [-0.1, -0.05) is 91.0 Å². The summed E-state index contributed by atoms with van der Waals surface area (Å²) in [4.78, 5) is 70.8. The number of imide groups is 1. The van der Waals surface area contributed by atoms with Crippen LogP contribution in [-0.4, -0.2) is 64.5 Å². The fourth-order valence-electron chi connectivity index (χ4n) is 6.07. The molecule has 3 atom stereocenters. The number of amides is 5. The number of H-pyrrole nitrogens is 1. The number of phenols is 1. The van der Waals surface area contributed by atoms with Gasteiger partial charge in [0.15, 0.2) is 0 Å². The first-order valence-corrected chi connectivity index (χ1v) is 18.2. The average Bonchev–Trinajstić information content (AvgIpc) is 3.60. The minimum atomic E-state index is -1.22. The maximum Gasteiger partial charge on any atom is 0.408 e. The molecule has 5 rings (SSSR count). The molecule has 4 aromatic carbocycles. The quantitative estimate of drug-likeness (QED) is 0.0653. The SMILES string of the molecule is NCCCC[C@H](NC(=O)[C@H](Cc1c[nH]c2ccccc12)NC(=O)OCc1ccccc1)C(=O)N[C@@H](Cc1ccc(O)cc1)C(=O)NC(=O)Cc1ccccc1. The lowest BCUT2D eigenvalue weighted by Crippen LogP contribution is -2.57. The van der Waals surface area contributed by atoms with Crippen molar-refractivity contribution in [3.8, 4) is 5.75 Å². The Morgan fingerprint density at radius 3 is 1.98 bits per heavy atom. The summed E-state index contributed by atoms with van der Waals surface area (Å²) in [5.41, 5.74) is 9.43. The van der Waals surface area contributed by atoms with Crippen LogP contribution >= 0.6 is 0 Å². The van der Waals surface area contributed by atoms with Crippen LogP contribution in [0.3, 0.4) is 0 Å². The Hall–Kier alpha value is -6.47. The highest BCUT2D eigenvalue weighted by Gasteiger charge is 2.31. The van der Waals surface area contributed by atoms with E-state index in [4.69, 9.17) is 10.5 Å². The third-order valence-electron chi connectivity index (χ3n) is 8.98. The largest absolute Gasteiger partial charge is 0.508 e. The van der Waals surface area contributed by atoms with Gasteiger partial charge in [-0.3, -0.25) is 24.5 Å². The number of hydrogen-bond donors (Lipinski definition) is 7. The second-order valence-corrected chi connectivity index (χ2v) is 13.2. The number of nitrogens with two attached hydrogens (primary N) is 1. The lowest BCUT2D eigenvalue weighted by Gasteiger charge is -2.25. The predicted octanol–water partition coefficient (Wildman–Crippen LogP) is 3.94. The number of hydrogen-bond acceptors (Lipinski definition) is 8. The van der Waals surface area contributed by atoms with Crippen LogP contribution < -0.4 is 27.0 Å². The fourth-order valence-corrected chi connectivity index (χ4v) is 6.07. The van der Waals surface area contributed by atoms with E-state index >= 15 is 0 Å². The number of benzene rings is 4. The van der Waals surface area contributed by atoms with Gasteiger partial charge in [0, 0.05) is 29.9 Å². The highest BCUT2D eigenvalue weighted by molar-refractivity contribution is 6.01. The van der Waals surface area contributed by atoms with Gasteiger partial charge in [-0.25, -0.2) is 4.79 Å². The molecule has 0 saturated carbocycles. The lowest BCUT2D eigenvalue weighted by atomic mass is 10.0. The number of fused-ring (bicyclic) bond motifs is 1. The van der Waals surface area contributed by atoms with Crippen molar-refractivity contribution in [2.24, 2.45) is 5.73 Å². The monoisotopic (exact) mass is 746 g/mol. The Kier molecular flexibility index (Phi) is 14.5. The normalized spacial score (nSPS) is 12.5. The Balaban J connectivity index is 1.34. The van der Waals surface area contributed by atoms with E-state index in [0.29, 0.717) is 30.5 Å². The summed E-state index contributed by atoms with van der Waals surface area (Å²) >= 11 is 0. The van der Waals surface area contributed by atoms with Crippen molar-refractivity contribution >= 4 is 40.6 Å². The van der Waals surface area contributed by atoms with Crippen molar-refractivity contribution in [1.29, 1.82) is 0 Å². The van der Waals surface area contributed by atoms with Gasteiger partial charge in [0.2, 0.25) is 23.6 Å². The Morgan fingerprint density at radius 2 is 1.27 bits per heavy atom. The number of alkyl carbamates (subject to hydrolysis) is 1. The van der Waals surface area contributed by atoms with Gasteiger partial charge in [0.1, 0.15) is 30.5 Å². The first-order valence-electron chi connectivity index (χ1n) is 18.2. The second kappa shape index (κ2) is 20.1.